The fourth-order valence-electron chi connectivity index (χ4n) is 3.84. The number of aromatic nitrogens is 1. The number of ether oxygens (including phenoxy) is 2. The van der Waals surface area contributed by atoms with Crippen molar-refractivity contribution in [2.45, 2.75) is 38.5 Å². The lowest BCUT2D eigenvalue weighted by Crippen LogP contribution is -2.47. The third-order valence-electron chi connectivity index (χ3n) is 5.62. The second-order valence-corrected chi connectivity index (χ2v) is 8.13. The molecule has 2 atom stereocenters. The SMILES string of the molecule is CC(C)N(C)CC1COC2(COCCN(C(=O)Cn3ccccc3=O)C2)C1. The summed E-state index contributed by atoms with van der Waals surface area (Å²) in [5.74, 6) is 0.368. The van der Waals surface area contributed by atoms with Crippen molar-refractivity contribution >= 4 is 5.91 Å². The van der Waals surface area contributed by atoms with Gasteiger partial charge in [-0.15, -0.1) is 0 Å². The third kappa shape index (κ3) is 4.97. The van der Waals surface area contributed by atoms with Crippen molar-refractivity contribution in [2.75, 3.05) is 46.5 Å². The Kier molecular flexibility index (Phi) is 6.34. The first kappa shape index (κ1) is 20.0. The zero-order chi connectivity index (χ0) is 19.4. The number of amides is 1. The second kappa shape index (κ2) is 8.54. The van der Waals surface area contributed by atoms with Crippen molar-refractivity contribution in [2.24, 2.45) is 5.92 Å². The molecular weight excluding hydrogens is 346 g/mol. The Morgan fingerprint density at radius 2 is 2.22 bits per heavy atom. The first-order valence-electron chi connectivity index (χ1n) is 9.74. The Balaban J connectivity index is 1.64. The van der Waals surface area contributed by atoms with E-state index in [9.17, 15) is 9.59 Å². The van der Waals surface area contributed by atoms with E-state index in [2.05, 4.69) is 25.8 Å². The number of carbonyl (C=O) groups is 1. The van der Waals surface area contributed by atoms with Gasteiger partial charge in [0.15, 0.2) is 0 Å². The summed E-state index contributed by atoms with van der Waals surface area (Å²) < 4.78 is 13.4. The van der Waals surface area contributed by atoms with Crippen LogP contribution in [0.2, 0.25) is 0 Å². The molecule has 3 rings (SSSR count). The Hall–Kier alpha value is -1.70. The molecule has 2 fully saturated rings. The van der Waals surface area contributed by atoms with E-state index in [1.54, 1.807) is 23.2 Å². The minimum absolute atomic E-state index is 0.0509. The van der Waals surface area contributed by atoms with Crippen LogP contribution >= 0.6 is 0 Å². The lowest BCUT2D eigenvalue weighted by molar-refractivity contribution is -0.135. The number of nitrogens with zero attached hydrogens (tertiary/aromatic N) is 3. The molecule has 2 saturated heterocycles. The molecule has 0 aliphatic carbocycles. The van der Waals surface area contributed by atoms with Crippen molar-refractivity contribution in [3.63, 3.8) is 0 Å². The Morgan fingerprint density at radius 3 is 2.96 bits per heavy atom. The lowest BCUT2D eigenvalue weighted by atomic mass is 9.93. The number of carbonyl (C=O) groups excluding carboxylic acids is 1. The van der Waals surface area contributed by atoms with Gasteiger partial charge in [0.2, 0.25) is 5.91 Å². The van der Waals surface area contributed by atoms with Gasteiger partial charge in [0.05, 0.1) is 26.4 Å². The average Bonchev–Trinajstić information content (AvgIpc) is 2.89. The molecule has 1 aromatic rings. The Morgan fingerprint density at radius 1 is 1.41 bits per heavy atom. The van der Waals surface area contributed by atoms with Crippen molar-refractivity contribution in [3.8, 4) is 0 Å². The van der Waals surface area contributed by atoms with Crippen LogP contribution in [0.3, 0.4) is 0 Å². The third-order valence-corrected chi connectivity index (χ3v) is 5.62. The maximum Gasteiger partial charge on any atom is 0.250 e. The summed E-state index contributed by atoms with van der Waals surface area (Å²) in [4.78, 5) is 28.8. The summed E-state index contributed by atoms with van der Waals surface area (Å²) in [6.45, 7) is 8.17. The summed E-state index contributed by atoms with van der Waals surface area (Å²) in [5.41, 5.74) is -0.600. The Labute approximate surface area is 160 Å². The van der Waals surface area contributed by atoms with E-state index in [1.165, 1.54) is 10.6 Å². The molecule has 0 N–H and O–H groups in total. The summed E-state index contributed by atoms with van der Waals surface area (Å²) in [6.07, 6.45) is 2.54. The monoisotopic (exact) mass is 377 g/mol. The van der Waals surface area contributed by atoms with Crippen LogP contribution in [0.4, 0.5) is 0 Å². The fraction of sp³-hybridized carbons (Fsp3) is 0.700. The molecular formula is C20H31N3O4. The normalized spacial score (nSPS) is 26.1. The van der Waals surface area contributed by atoms with Gasteiger partial charge in [-0.25, -0.2) is 0 Å². The Bertz CT molecular complexity index is 704. The molecule has 0 bridgehead atoms. The minimum atomic E-state index is -0.434. The smallest absolute Gasteiger partial charge is 0.250 e. The van der Waals surface area contributed by atoms with Gasteiger partial charge in [0, 0.05) is 31.4 Å². The van der Waals surface area contributed by atoms with Gasteiger partial charge < -0.3 is 23.8 Å². The van der Waals surface area contributed by atoms with Crippen molar-refractivity contribution in [3.05, 3.63) is 34.7 Å². The maximum absolute atomic E-state index is 12.8. The van der Waals surface area contributed by atoms with Crippen LogP contribution < -0.4 is 5.56 Å². The van der Waals surface area contributed by atoms with E-state index in [1.807, 2.05) is 0 Å². The molecule has 0 aromatic carbocycles. The molecule has 2 aliphatic rings. The summed E-state index contributed by atoms with van der Waals surface area (Å²) >= 11 is 0. The van der Waals surface area contributed by atoms with E-state index >= 15 is 0 Å². The molecule has 27 heavy (non-hydrogen) atoms. The molecule has 1 amide bonds. The van der Waals surface area contributed by atoms with Crippen LogP contribution in [-0.2, 0) is 20.8 Å². The van der Waals surface area contributed by atoms with E-state index < -0.39 is 5.60 Å². The number of hydrogen-bond donors (Lipinski definition) is 0. The molecule has 0 radical (unpaired) electrons. The zero-order valence-electron chi connectivity index (χ0n) is 16.6. The first-order chi connectivity index (χ1) is 12.9. The zero-order valence-corrected chi connectivity index (χ0v) is 16.6. The van der Waals surface area contributed by atoms with Gasteiger partial charge >= 0.3 is 0 Å². The van der Waals surface area contributed by atoms with Crippen molar-refractivity contribution < 1.29 is 14.3 Å². The second-order valence-electron chi connectivity index (χ2n) is 8.13. The predicted octanol–water partition coefficient (Wildman–Crippen LogP) is 0.823. The molecule has 1 spiro atoms. The van der Waals surface area contributed by atoms with Gasteiger partial charge in [-0.3, -0.25) is 9.59 Å². The highest BCUT2D eigenvalue weighted by molar-refractivity contribution is 5.76. The van der Waals surface area contributed by atoms with Crippen LogP contribution in [0, 0.1) is 5.92 Å². The van der Waals surface area contributed by atoms with Gasteiger partial charge in [-0.2, -0.15) is 0 Å². The van der Waals surface area contributed by atoms with Crippen LogP contribution in [0.5, 0.6) is 0 Å². The molecule has 1 aromatic heterocycles. The molecule has 150 valence electrons. The van der Waals surface area contributed by atoms with Gasteiger partial charge in [0.25, 0.3) is 5.56 Å². The van der Waals surface area contributed by atoms with Crippen LogP contribution in [-0.4, -0.2) is 78.4 Å². The van der Waals surface area contributed by atoms with E-state index in [0.717, 1.165) is 13.0 Å². The lowest BCUT2D eigenvalue weighted by Gasteiger charge is -2.31. The van der Waals surface area contributed by atoms with Crippen LogP contribution in [0.15, 0.2) is 29.2 Å². The number of pyridine rings is 1. The van der Waals surface area contributed by atoms with Gasteiger partial charge in [-0.05, 0) is 39.3 Å². The quantitative estimate of drug-likeness (QED) is 0.760. The highest BCUT2D eigenvalue weighted by Gasteiger charge is 2.44. The molecule has 2 aliphatic heterocycles. The molecule has 2 unspecified atom stereocenters. The van der Waals surface area contributed by atoms with E-state index in [4.69, 9.17) is 9.47 Å². The number of hydrogen-bond acceptors (Lipinski definition) is 5. The van der Waals surface area contributed by atoms with Gasteiger partial charge in [0.1, 0.15) is 12.1 Å². The summed E-state index contributed by atoms with van der Waals surface area (Å²) in [5, 5.41) is 0. The first-order valence-corrected chi connectivity index (χ1v) is 9.74. The van der Waals surface area contributed by atoms with Crippen molar-refractivity contribution in [1.82, 2.24) is 14.4 Å². The topological polar surface area (TPSA) is 64.0 Å². The largest absolute Gasteiger partial charge is 0.377 e. The van der Waals surface area contributed by atoms with E-state index in [-0.39, 0.29) is 18.0 Å². The maximum atomic E-state index is 12.8. The average molecular weight is 377 g/mol. The number of rotatable bonds is 5. The fourth-order valence-corrected chi connectivity index (χ4v) is 3.84. The van der Waals surface area contributed by atoms with Crippen LogP contribution in [0.25, 0.3) is 0 Å². The van der Waals surface area contributed by atoms with Crippen molar-refractivity contribution in [1.29, 1.82) is 0 Å². The standard InChI is InChI=1S/C20H31N3O4/c1-16(2)21(3)11-17-10-20(27-13-17)14-23(8-9-26-15-20)19(25)12-22-7-5-4-6-18(22)24/h4-7,16-17H,8-15H2,1-3H3. The highest BCUT2D eigenvalue weighted by atomic mass is 16.5. The molecule has 0 saturated carbocycles. The molecule has 3 heterocycles. The minimum Gasteiger partial charge on any atom is -0.377 e. The molecule has 7 heteroatoms. The highest BCUT2D eigenvalue weighted by Crippen LogP contribution is 2.33. The molecule has 7 nitrogen and oxygen atoms in total. The van der Waals surface area contributed by atoms with Gasteiger partial charge in [-0.1, -0.05) is 6.07 Å². The summed E-state index contributed by atoms with van der Waals surface area (Å²) in [7, 11) is 2.13. The predicted molar refractivity (Wildman–Crippen MR) is 103 cm³/mol. The summed E-state index contributed by atoms with van der Waals surface area (Å²) in [6, 6.07) is 5.40. The van der Waals surface area contributed by atoms with E-state index in [0.29, 0.717) is 44.9 Å². The van der Waals surface area contributed by atoms with Crippen LogP contribution in [0.1, 0.15) is 20.3 Å².